The highest BCUT2D eigenvalue weighted by Crippen LogP contribution is 2.26. The number of aromatic nitrogens is 3. The van der Waals surface area contributed by atoms with Crippen LogP contribution in [-0.4, -0.2) is 46.9 Å². The van der Waals surface area contributed by atoms with Gasteiger partial charge in [-0.1, -0.05) is 23.9 Å². The first kappa shape index (κ1) is 18.7. The number of carbonyl (C=O) groups excluding carboxylic acids is 1. The van der Waals surface area contributed by atoms with Crippen molar-refractivity contribution in [3.8, 4) is 11.4 Å². The Morgan fingerprint density at radius 3 is 2.63 bits per heavy atom. The van der Waals surface area contributed by atoms with E-state index in [1.807, 2.05) is 50.2 Å². The first-order valence-corrected chi connectivity index (χ1v) is 9.08. The maximum atomic E-state index is 10.8. The van der Waals surface area contributed by atoms with Gasteiger partial charge in [0.05, 0.1) is 24.0 Å². The van der Waals surface area contributed by atoms with E-state index in [1.54, 1.807) is 18.5 Å². The van der Waals surface area contributed by atoms with Crippen LogP contribution in [0.5, 0.6) is 0 Å². The number of hydrogen-bond acceptors (Lipinski definition) is 8. The predicted octanol–water partition coefficient (Wildman–Crippen LogP) is 1.64. The summed E-state index contributed by atoms with van der Waals surface area (Å²) in [6.45, 7) is 1.81. The molecule has 2 aromatic heterocycles. The maximum Gasteiger partial charge on any atom is 0.212 e. The molecule has 3 rings (SSSR count). The van der Waals surface area contributed by atoms with Gasteiger partial charge in [0.25, 0.3) is 0 Å². The number of rotatable bonds is 7. The molecular formula is C18H18N5O3S-. The Balaban J connectivity index is 1.94. The molecule has 0 unspecified atom stereocenters. The van der Waals surface area contributed by atoms with Crippen molar-refractivity contribution in [2.45, 2.75) is 12.1 Å². The molecule has 0 N–H and O–H groups in total. The summed E-state index contributed by atoms with van der Waals surface area (Å²) in [5.41, 5.74) is 2.71. The van der Waals surface area contributed by atoms with Crippen LogP contribution in [0.1, 0.15) is 11.3 Å². The summed E-state index contributed by atoms with van der Waals surface area (Å²) in [5, 5.41) is 23.8. The smallest absolute Gasteiger partial charge is 0.212 e. The lowest BCUT2D eigenvalue weighted by Gasteiger charge is -2.11. The van der Waals surface area contributed by atoms with E-state index in [0.29, 0.717) is 16.7 Å². The average molecular weight is 384 g/mol. The molecule has 27 heavy (non-hydrogen) atoms. The van der Waals surface area contributed by atoms with E-state index in [2.05, 4.69) is 15.3 Å². The van der Waals surface area contributed by atoms with Crippen molar-refractivity contribution in [1.29, 1.82) is 0 Å². The third kappa shape index (κ3) is 4.37. The van der Waals surface area contributed by atoms with Gasteiger partial charge in [-0.2, -0.15) is 9.78 Å². The van der Waals surface area contributed by atoms with E-state index in [1.165, 1.54) is 4.68 Å². The largest absolute Gasteiger partial charge is 0.549 e. The molecule has 0 spiro atoms. The van der Waals surface area contributed by atoms with E-state index >= 15 is 0 Å². The van der Waals surface area contributed by atoms with Gasteiger partial charge in [0.1, 0.15) is 5.76 Å². The summed E-state index contributed by atoms with van der Waals surface area (Å²) in [6, 6.07) is 9.63. The Morgan fingerprint density at radius 2 is 2.04 bits per heavy atom. The lowest BCUT2D eigenvalue weighted by Crippen LogP contribution is -2.24. The molecule has 140 valence electrons. The van der Waals surface area contributed by atoms with Crippen molar-refractivity contribution in [3.05, 3.63) is 47.9 Å². The van der Waals surface area contributed by atoms with Crippen molar-refractivity contribution in [1.82, 2.24) is 14.9 Å². The van der Waals surface area contributed by atoms with Gasteiger partial charge in [-0.15, -0.1) is 10.2 Å². The Kier molecular flexibility index (Phi) is 5.60. The SMILES string of the molecule is Cc1occc1-c1nnc(SCC(=O)[O-])n1/N=C\c1ccc(N(C)C)cc1. The molecule has 0 aliphatic carbocycles. The van der Waals surface area contributed by atoms with Crippen molar-refractivity contribution >= 4 is 29.6 Å². The molecule has 0 amide bonds. The lowest BCUT2D eigenvalue weighted by atomic mass is 10.2. The van der Waals surface area contributed by atoms with Crippen LogP contribution >= 0.6 is 11.8 Å². The Bertz CT molecular complexity index is 960. The summed E-state index contributed by atoms with van der Waals surface area (Å²) in [6.07, 6.45) is 3.23. The number of nitrogens with zero attached hydrogens (tertiary/aromatic N) is 5. The molecule has 0 fully saturated rings. The van der Waals surface area contributed by atoms with Gasteiger partial charge in [-0.25, -0.2) is 0 Å². The van der Waals surface area contributed by atoms with Crippen LogP contribution in [0.4, 0.5) is 5.69 Å². The minimum absolute atomic E-state index is 0.241. The second-order valence-corrected chi connectivity index (χ2v) is 6.84. The second kappa shape index (κ2) is 8.09. The molecule has 2 heterocycles. The van der Waals surface area contributed by atoms with Gasteiger partial charge in [-0.3, -0.25) is 0 Å². The van der Waals surface area contributed by atoms with Crippen molar-refractivity contribution in [3.63, 3.8) is 0 Å². The summed E-state index contributed by atoms with van der Waals surface area (Å²) < 4.78 is 6.84. The van der Waals surface area contributed by atoms with Crippen molar-refractivity contribution in [2.24, 2.45) is 5.10 Å². The number of furan rings is 1. The summed E-state index contributed by atoms with van der Waals surface area (Å²) in [5.74, 6) is -0.275. The van der Waals surface area contributed by atoms with Crippen molar-refractivity contribution < 1.29 is 14.3 Å². The zero-order chi connectivity index (χ0) is 19.4. The minimum atomic E-state index is -1.18. The summed E-state index contributed by atoms with van der Waals surface area (Å²) in [4.78, 5) is 12.8. The van der Waals surface area contributed by atoms with Crippen molar-refractivity contribution in [2.75, 3.05) is 24.7 Å². The van der Waals surface area contributed by atoms with E-state index in [9.17, 15) is 9.90 Å². The number of anilines is 1. The first-order valence-electron chi connectivity index (χ1n) is 8.10. The molecule has 1 aromatic carbocycles. The van der Waals surface area contributed by atoms with Gasteiger partial charge in [0.2, 0.25) is 5.16 Å². The standard InChI is InChI=1S/C18H19N5O3S/c1-12-15(8-9-26-12)17-20-21-18(27-11-16(24)25)23(17)19-10-13-4-6-14(7-5-13)22(2)3/h4-10H,11H2,1-3H3,(H,24,25)/p-1/b19-10-. The molecule has 0 saturated carbocycles. The number of aliphatic carboxylic acids is 1. The fraction of sp³-hybridized carbons (Fsp3) is 0.222. The number of benzene rings is 1. The van der Waals surface area contributed by atoms with E-state index < -0.39 is 5.97 Å². The molecule has 0 saturated heterocycles. The number of hydrogen-bond donors (Lipinski definition) is 0. The molecule has 0 radical (unpaired) electrons. The summed E-state index contributed by atoms with van der Waals surface area (Å²) in [7, 11) is 3.95. The second-order valence-electron chi connectivity index (χ2n) is 5.90. The maximum absolute atomic E-state index is 10.8. The van der Waals surface area contributed by atoms with Gasteiger partial charge < -0.3 is 19.2 Å². The van der Waals surface area contributed by atoms with Gasteiger partial charge in [-0.05, 0) is 30.7 Å². The highest BCUT2D eigenvalue weighted by atomic mass is 32.2. The molecule has 0 aliphatic heterocycles. The van der Waals surface area contributed by atoms with Gasteiger partial charge in [0.15, 0.2) is 5.82 Å². The number of aryl methyl sites for hydroxylation is 1. The molecule has 3 aromatic rings. The number of thioether (sulfide) groups is 1. The number of carboxylic acid groups (broad SMARTS) is 1. The fourth-order valence-corrected chi connectivity index (χ4v) is 2.95. The normalized spacial score (nSPS) is 11.2. The number of carbonyl (C=O) groups is 1. The van der Waals surface area contributed by atoms with Crippen LogP contribution in [0.3, 0.4) is 0 Å². The van der Waals surface area contributed by atoms with Gasteiger partial charge >= 0.3 is 0 Å². The Hall–Kier alpha value is -3.07. The average Bonchev–Trinajstić information content (AvgIpc) is 3.23. The van der Waals surface area contributed by atoms with E-state index in [-0.39, 0.29) is 5.75 Å². The molecule has 0 aliphatic rings. The highest BCUT2D eigenvalue weighted by Gasteiger charge is 2.17. The summed E-state index contributed by atoms with van der Waals surface area (Å²) >= 11 is 0.997. The first-order chi connectivity index (χ1) is 13.0. The van der Waals surface area contributed by atoms with Crippen LogP contribution in [0.25, 0.3) is 11.4 Å². The highest BCUT2D eigenvalue weighted by molar-refractivity contribution is 7.99. The minimum Gasteiger partial charge on any atom is -0.549 e. The third-order valence-corrected chi connectivity index (χ3v) is 4.66. The van der Waals surface area contributed by atoms with Gasteiger partial charge in [0, 0.05) is 25.5 Å². The third-order valence-electron chi connectivity index (χ3n) is 3.76. The van der Waals surface area contributed by atoms with Crippen LogP contribution in [0.15, 0.2) is 51.3 Å². The zero-order valence-electron chi connectivity index (χ0n) is 15.1. The van der Waals surface area contributed by atoms with Crippen LogP contribution in [0, 0.1) is 6.92 Å². The number of carboxylic acids is 1. The Labute approximate surface area is 160 Å². The molecule has 9 heteroatoms. The molecule has 0 atom stereocenters. The van der Waals surface area contributed by atoms with E-state index in [0.717, 1.165) is 28.6 Å². The van der Waals surface area contributed by atoms with E-state index in [4.69, 9.17) is 4.42 Å². The quantitative estimate of drug-likeness (QED) is 0.451. The van der Waals surface area contributed by atoms with Crippen LogP contribution in [0.2, 0.25) is 0 Å². The predicted molar refractivity (Wildman–Crippen MR) is 102 cm³/mol. The Morgan fingerprint density at radius 1 is 1.30 bits per heavy atom. The molecular weight excluding hydrogens is 366 g/mol. The fourth-order valence-electron chi connectivity index (χ4n) is 2.35. The van der Waals surface area contributed by atoms with Crippen LogP contribution < -0.4 is 10.0 Å². The molecule has 8 nitrogen and oxygen atoms in total. The zero-order valence-corrected chi connectivity index (χ0v) is 15.9. The van der Waals surface area contributed by atoms with Crippen LogP contribution in [-0.2, 0) is 4.79 Å². The monoisotopic (exact) mass is 384 g/mol. The lowest BCUT2D eigenvalue weighted by molar-refractivity contribution is -0.301. The topological polar surface area (TPSA) is 99.6 Å². The molecule has 0 bridgehead atoms.